The zero-order valence-corrected chi connectivity index (χ0v) is 14.5. The largest absolute Gasteiger partial charge is 0.286 e. The molecular formula is C14H12I2N2O. The van der Waals surface area contributed by atoms with Crippen molar-refractivity contribution >= 4 is 45.2 Å². The van der Waals surface area contributed by atoms with Gasteiger partial charge in [-0.25, -0.2) is 0 Å². The van der Waals surface area contributed by atoms with E-state index < -0.39 is 0 Å². The number of hydrogen-bond acceptors (Lipinski definition) is 2. The topological polar surface area (TPSA) is 34.9 Å². The Hall–Kier alpha value is -0.440. The predicted molar refractivity (Wildman–Crippen MR) is 91.9 cm³/mol. The Labute approximate surface area is 138 Å². The molecule has 1 aliphatic rings. The van der Waals surface area contributed by atoms with Crippen molar-refractivity contribution in [3.63, 3.8) is 0 Å². The van der Waals surface area contributed by atoms with Gasteiger partial charge in [0.2, 0.25) is 0 Å². The van der Waals surface area contributed by atoms with Crippen LogP contribution in [0.25, 0.3) is 5.69 Å². The van der Waals surface area contributed by atoms with Crippen molar-refractivity contribution in [1.82, 2.24) is 9.78 Å². The minimum Gasteiger partial charge on any atom is -0.266 e. The summed E-state index contributed by atoms with van der Waals surface area (Å²) in [5.74, 6) is 0.665. The summed E-state index contributed by atoms with van der Waals surface area (Å²) in [5.41, 5.74) is 2.15. The quantitative estimate of drug-likeness (QED) is 0.618. The molecule has 0 amide bonds. The molecule has 1 aromatic carbocycles. The van der Waals surface area contributed by atoms with Crippen LogP contribution in [0.3, 0.4) is 0 Å². The Morgan fingerprint density at radius 2 is 2.05 bits per heavy atom. The first-order valence-electron chi connectivity index (χ1n) is 6.20. The van der Waals surface area contributed by atoms with Gasteiger partial charge in [-0.05, 0) is 81.6 Å². The second kappa shape index (κ2) is 5.51. The van der Waals surface area contributed by atoms with Crippen molar-refractivity contribution in [3.8, 4) is 5.69 Å². The molecule has 0 N–H and O–H groups in total. The third kappa shape index (κ3) is 2.58. The maximum absolute atomic E-state index is 12.2. The summed E-state index contributed by atoms with van der Waals surface area (Å²) >= 11 is 4.22. The second-order valence-corrected chi connectivity index (χ2v) is 6.99. The fraction of sp³-hybridized carbons (Fsp3) is 0.286. The van der Waals surface area contributed by atoms with Crippen molar-refractivity contribution in [3.05, 3.63) is 53.5 Å². The number of aromatic nitrogens is 2. The van der Waals surface area contributed by atoms with Crippen molar-refractivity contribution < 1.29 is 0 Å². The van der Waals surface area contributed by atoms with Gasteiger partial charge in [0.15, 0.2) is 0 Å². The van der Waals surface area contributed by atoms with Crippen molar-refractivity contribution in [1.29, 1.82) is 0 Å². The number of nitrogens with zero attached hydrogens (tertiary/aromatic N) is 2. The number of rotatable bonds is 2. The molecule has 1 fully saturated rings. The van der Waals surface area contributed by atoms with Crippen LogP contribution in [0.4, 0.5) is 0 Å². The normalized spacial score (nSPS) is 15.3. The summed E-state index contributed by atoms with van der Waals surface area (Å²) in [5, 5.41) is 4.25. The predicted octanol–water partition coefficient (Wildman–Crippen LogP) is 3.71. The molecular weight excluding hydrogens is 466 g/mol. The fourth-order valence-electron chi connectivity index (χ4n) is 2.25. The van der Waals surface area contributed by atoms with E-state index in [0.29, 0.717) is 5.92 Å². The van der Waals surface area contributed by atoms with Crippen molar-refractivity contribution in [2.75, 3.05) is 0 Å². The van der Waals surface area contributed by atoms with Crippen LogP contribution in [0.2, 0.25) is 0 Å². The van der Waals surface area contributed by atoms with Gasteiger partial charge in [0, 0.05) is 0 Å². The lowest BCUT2D eigenvalue weighted by atomic mass is 9.80. The molecule has 3 rings (SSSR count). The number of benzene rings is 1. The first-order chi connectivity index (χ1) is 9.16. The molecule has 98 valence electrons. The van der Waals surface area contributed by atoms with Gasteiger partial charge in [0.25, 0.3) is 5.56 Å². The third-order valence-electron chi connectivity index (χ3n) is 3.57. The van der Waals surface area contributed by atoms with Crippen LogP contribution >= 0.6 is 45.2 Å². The summed E-state index contributed by atoms with van der Waals surface area (Å²) in [6, 6.07) is 8.21. The zero-order valence-electron chi connectivity index (χ0n) is 10.1. The van der Waals surface area contributed by atoms with Gasteiger partial charge < -0.3 is 0 Å². The molecule has 2 aromatic rings. The van der Waals surface area contributed by atoms with E-state index in [1.54, 1.807) is 6.20 Å². The number of hydrogen-bond donors (Lipinski definition) is 0. The van der Waals surface area contributed by atoms with Gasteiger partial charge >= 0.3 is 0 Å². The highest BCUT2D eigenvalue weighted by atomic mass is 127. The molecule has 0 unspecified atom stereocenters. The molecule has 5 heteroatoms. The average Bonchev–Trinajstić information content (AvgIpc) is 2.34. The number of halogens is 2. The van der Waals surface area contributed by atoms with Crippen LogP contribution in [0, 0.1) is 7.14 Å². The molecule has 0 saturated heterocycles. The summed E-state index contributed by atoms with van der Waals surface area (Å²) in [6.45, 7) is 0. The Bertz CT molecular complexity index is 677. The summed E-state index contributed by atoms with van der Waals surface area (Å²) in [7, 11) is 0. The molecule has 0 aliphatic heterocycles. The highest BCUT2D eigenvalue weighted by molar-refractivity contribution is 14.1. The van der Waals surface area contributed by atoms with Crippen LogP contribution in [0.1, 0.15) is 30.7 Å². The van der Waals surface area contributed by atoms with E-state index in [9.17, 15) is 4.79 Å². The Kier molecular flexibility index (Phi) is 3.93. The van der Waals surface area contributed by atoms with Crippen molar-refractivity contribution in [2.45, 2.75) is 25.2 Å². The third-order valence-corrected chi connectivity index (χ3v) is 6.46. The lowest BCUT2D eigenvalue weighted by molar-refractivity contribution is 0.419. The lowest BCUT2D eigenvalue weighted by Crippen LogP contribution is -2.24. The standard InChI is InChI=1S/C14H12I2N2O/c15-12-8-17-18(14(19)13(12)16)11-6-2-5-10(7-11)9-3-1-4-9/h2,5-9H,1,3-4H2. The van der Waals surface area contributed by atoms with Crippen molar-refractivity contribution in [2.24, 2.45) is 0 Å². The van der Waals surface area contributed by atoms with Crippen LogP contribution in [0.5, 0.6) is 0 Å². The van der Waals surface area contributed by atoms with E-state index in [2.05, 4.69) is 62.4 Å². The van der Waals surface area contributed by atoms with Gasteiger partial charge in [-0.2, -0.15) is 9.78 Å². The fourth-order valence-corrected chi connectivity index (χ4v) is 2.97. The van der Waals surface area contributed by atoms with E-state index in [0.717, 1.165) is 12.8 Å². The lowest BCUT2D eigenvalue weighted by Gasteiger charge is -2.26. The average molecular weight is 478 g/mol. The summed E-state index contributed by atoms with van der Waals surface area (Å²) in [4.78, 5) is 12.2. The molecule has 0 bridgehead atoms. The smallest absolute Gasteiger partial charge is 0.266 e. The maximum Gasteiger partial charge on any atom is 0.286 e. The zero-order chi connectivity index (χ0) is 13.4. The maximum atomic E-state index is 12.2. The van der Waals surface area contributed by atoms with Crippen LogP contribution in [0.15, 0.2) is 35.3 Å². The molecule has 3 nitrogen and oxygen atoms in total. The van der Waals surface area contributed by atoms with E-state index in [1.165, 1.54) is 29.5 Å². The molecule has 1 heterocycles. The molecule has 1 saturated carbocycles. The highest BCUT2D eigenvalue weighted by Crippen LogP contribution is 2.36. The first-order valence-corrected chi connectivity index (χ1v) is 8.36. The Morgan fingerprint density at radius 3 is 2.74 bits per heavy atom. The van der Waals surface area contributed by atoms with Gasteiger partial charge in [-0.1, -0.05) is 18.6 Å². The molecule has 1 aliphatic carbocycles. The summed E-state index contributed by atoms with van der Waals surface area (Å²) in [6.07, 6.45) is 5.57. The first kappa shape index (κ1) is 13.5. The van der Waals surface area contributed by atoms with E-state index in [-0.39, 0.29) is 5.56 Å². The SMILES string of the molecule is O=c1c(I)c(I)cnn1-c1cccc(C2CCC2)c1. The van der Waals surface area contributed by atoms with Crippen LogP contribution in [-0.2, 0) is 0 Å². The van der Waals surface area contributed by atoms with Crippen LogP contribution < -0.4 is 5.56 Å². The molecule has 0 atom stereocenters. The minimum absolute atomic E-state index is 0.0433. The molecule has 19 heavy (non-hydrogen) atoms. The summed E-state index contributed by atoms with van der Waals surface area (Å²) < 4.78 is 3.11. The molecule has 1 aromatic heterocycles. The van der Waals surface area contributed by atoms with Gasteiger partial charge in [0.05, 0.1) is 19.0 Å². The molecule has 0 spiro atoms. The second-order valence-electron chi connectivity index (χ2n) is 4.75. The monoisotopic (exact) mass is 478 g/mol. The van der Waals surface area contributed by atoms with Gasteiger partial charge in [-0.15, -0.1) is 0 Å². The van der Waals surface area contributed by atoms with Gasteiger partial charge in [-0.3, -0.25) is 4.79 Å². The van der Waals surface area contributed by atoms with E-state index in [4.69, 9.17) is 0 Å². The highest BCUT2D eigenvalue weighted by Gasteiger charge is 2.20. The minimum atomic E-state index is -0.0433. The van der Waals surface area contributed by atoms with E-state index >= 15 is 0 Å². The Morgan fingerprint density at radius 1 is 1.26 bits per heavy atom. The Balaban J connectivity index is 2.07. The van der Waals surface area contributed by atoms with Crippen LogP contribution in [-0.4, -0.2) is 9.78 Å². The molecule has 0 radical (unpaired) electrons. The van der Waals surface area contributed by atoms with Gasteiger partial charge in [0.1, 0.15) is 0 Å². The van der Waals surface area contributed by atoms with E-state index in [1.807, 2.05) is 12.1 Å².